The van der Waals surface area contributed by atoms with Crippen LogP contribution in [0.4, 0.5) is 10.5 Å². The molecule has 3 N–H and O–H groups in total. The molecule has 4 amide bonds. The number of urea groups is 1. The van der Waals surface area contributed by atoms with Gasteiger partial charge >= 0.3 is 6.03 Å². The molecule has 9 nitrogen and oxygen atoms in total. The highest BCUT2D eigenvalue weighted by atomic mass is 16.2. The van der Waals surface area contributed by atoms with Crippen molar-refractivity contribution < 1.29 is 14.4 Å². The zero-order valence-corrected chi connectivity index (χ0v) is 15.8. The van der Waals surface area contributed by atoms with E-state index in [0.717, 1.165) is 0 Å². The molecule has 3 rings (SSSR count). The Kier molecular flexibility index (Phi) is 6.62. The van der Waals surface area contributed by atoms with E-state index in [-0.39, 0.29) is 30.6 Å². The van der Waals surface area contributed by atoms with Crippen molar-refractivity contribution in [2.45, 2.75) is 19.4 Å². The second kappa shape index (κ2) is 9.54. The second-order valence-electron chi connectivity index (χ2n) is 6.79. The van der Waals surface area contributed by atoms with Crippen molar-refractivity contribution in [2.24, 2.45) is 5.92 Å². The fourth-order valence-corrected chi connectivity index (χ4v) is 3.12. The van der Waals surface area contributed by atoms with Crippen LogP contribution in [0.3, 0.4) is 0 Å². The molecule has 1 aromatic heterocycles. The number of carbonyl (C=O) groups excluding carboxylic acids is 3. The highest BCUT2D eigenvalue weighted by Crippen LogP contribution is 2.18. The first-order valence-electron chi connectivity index (χ1n) is 9.38. The summed E-state index contributed by atoms with van der Waals surface area (Å²) in [5.41, 5.74) is 5.09. The van der Waals surface area contributed by atoms with E-state index in [4.69, 9.17) is 0 Å². The van der Waals surface area contributed by atoms with E-state index in [1.807, 2.05) is 18.2 Å². The number of nitrogens with zero attached hydrogens (tertiary/aromatic N) is 2. The van der Waals surface area contributed by atoms with Gasteiger partial charge in [0.1, 0.15) is 6.54 Å². The Bertz CT molecular complexity index is 928. The van der Waals surface area contributed by atoms with Gasteiger partial charge in [-0.25, -0.2) is 4.79 Å². The van der Waals surface area contributed by atoms with Crippen molar-refractivity contribution in [3.8, 4) is 0 Å². The van der Waals surface area contributed by atoms with Crippen LogP contribution >= 0.6 is 0 Å². The first-order valence-corrected chi connectivity index (χ1v) is 9.38. The molecule has 1 aliphatic heterocycles. The van der Waals surface area contributed by atoms with Gasteiger partial charge in [-0.3, -0.25) is 25.2 Å². The molecule has 1 atom stereocenters. The molecule has 0 unspecified atom stereocenters. The number of likely N-dealkylation sites (tertiary alicyclic amines) is 1. The van der Waals surface area contributed by atoms with Gasteiger partial charge < -0.3 is 14.8 Å². The van der Waals surface area contributed by atoms with Gasteiger partial charge in [-0.15, -0.1) is 0 Å². The van der Waals surface area contributed by atoms with Gasteiger partial charge in [0.05, 0.1) is 5.92 Å². The molecular formula is C20H23N5O4. The van der Waals surface area contributed by atoms with E-state index in [2.05, 4.69) is 16.2 Å². The van der Waals surface area contributed by atoms with E-state index in [1.54, 1.807) is 29.2 Å². The molecule has 0 radical (unpaired) electrons. The average molecular weight is 397 g/mol. The fourth-order valence-electron chi connectivity index (χ4n) is 3.12. The van der Waals surface area contributed by atoms with Gasteiger partial charge in [-0.05, 0) is 31.0 Å². The number of nitrogens with one attached hydrogen (secondary N) is 3. The van der Waals surface area contributed by atoms with Crippen molar-refractivity contribution in [3.63, 3.8) is 0 Å². The number of hydrogen-bond acceptors (Lipinski definition) is 4. The molecule has 1 saturated heterocycles. The number of carbonyl (C=O) groups is 3. The zero-order valence-electron chi connectivity index (χ0n) is 15.8. The number of benzene rings is 1. The average Bonchev–Trinajstić information content (AvgIpc) is 2.74. The second-order valence-corrected chi connectivity index (χ2v) is 6.79. The number of piperidine rings is 1. The molecule has 29 heavy (non-hydrogen) atoms. The third-order valence-electron chi connectivity index (χ3n) is 4.64. The Morgan fingerprint density at radius 3 is 2.52 bits per heavy atom. The number of para-hydroxylation sites is 1. The van der Waals surface area contributed by atoms with Crippen LogP contribution in [-0.2, 0) is 16.1 Å². The summed E-state index contributed by atoms with van der Waals surface area (Å²) in [6.07, 6.45) is 2.80. The van der Waals surface area contributed by atoms with E-state index < -0.39 is 11.8 Å². The van der Waals surface area contributed by atoms with Gasteiger partial charge in [-0.2, -0.15) is 0 Å². The van der Waals surface area contributed by atoms with Crippen molar-refractivity contribution >= 4 is 23.5 Å². The van der Waals surface area contributed by atoms with Gasteiger partial charge in [-0.1, -0.05) is 24.3 Å². The van der Waals surface area contributed by atoms with E-state index in [0.29, 0.717) is 25.1 Å². The van der Waals surface area contributed by atoms with Gasteiger partial charge in [0.2, 0.25) is 5.91 Å². The van der Waals surface area contributed by atoms with Gasteiger partial charge in [0.15, 0.2) is 0 Å². The van der Waals surface area contributed by atoms with Crippen LogP contribution in [0, 0.1) is 5.92 Å². The van der Waals surface area contributed by atoms with Crippen LogP contribution < -0.4 is 21.7 Å². The molecule has 2 heterocycles. The predicted molar refractivity (Wildman–Crippen MR) is 107 cm³/mol. The Morgan fingerprint density at radius 1 is 1.00 bits per heavy atom. The lowest BCUT2D eigenvalue weighted by Crippen LogP contribution is -2.51. The standard InChI is InChI=1S/C20H23N5O4/c26-17(14-24-11-5-4-10-18(24)27)22-23-19(28)15-7-6-12-25(13-15)20(29)21-16-8-2-1-3-9-16/h1-5,8-11,15H,6-7,12-14H2,(H,21,29)(H,22,26)(H,23,28)/t15-/m0/s1. The molecular weight excluding hydrogens is 374 g/mol. The molecule has 1 aromatic carbocycles. The third kappa shape index (κ3) is 5.68. The monoisotopic (exact) mass is 397 g/mol. The Hall–Kier alpha value is -3.62. The molecule has 1 fully saturated rings. The maximum Gasteiger partial charge on any atom is 0.321 e. The summed E-state index contributed by atoms with van der Waals surface area (Å²) >= 11 is 0. The van der Waals surface area contributed by atoms with Crippen LogP contribution in [0.1, 0.15) is 12.8 Å². The van der Waals surface area contributed by atoms with Gasteiger partial charge in [0, 0.05) is 31.0 Å². The summed E-state index contributed by atoms with van der Waals surface area (Å²) in [4.78, 5) is 50.0. The summed E-state index contributed by atoms with van der Waals surface area (Å²) in [6.45, 7) is 0.625. The first-order chi connectivity index (χ1) is 14.0. The molecule has 0 bridgehead atoms. The lowest BCUT2D eigenvalue weighted by Gasteiger charge is -2.32. The smallest absolute Gasteiger partial charge is 0.321 e. The molecule has 0 aliphatic carbocycles. The van der Waals surface area contributed by atoms with Crippen molar-refractivity contribution in [3.05, 3.63) is 65.1 Å². The number of anilines is 1. The molecule has 152 valence electrons. The van der Waals surface area contributed by atoms with Crippen molar-refractivity contribution in [1.29, 1.82) is 0 Å². The Morgan fingerprint density at radius 2 is 1.76 bits per heavy atom. The number of pyridine rings is 1. The summed E-state index contributed by atoms with van der Waals surface area (Å²) in [6, 6.07) is 13.4. The quantitative estimate of drug-likeness (QED) is 0.667. The molecule has 1 aliphatic rings. The molecule has 2 aromatic rings. The largest absolute Gasteiger partial charge is 0.324 e. The third-order valence-corrected chi connectivity index (χ3v) is 4.64. The molecule has 0 saturated carbocycles. The normalized spacial score (nSPS) is 16.0. The van der Waals surface area contributed by atoms with Crippen LogP contribution in [0.5, 0.6) is 0 Å². The zero-order chi connectivity index (χ0) is 20.6. The summed E-state index contributed by atoms with van der Waals surface area (Å²) in [5, 5.41) is 2.81. The number of aromatic nitrogens is 1. The minimum Gasteiger partial charge on any atom is -0.324 e. The molecule has 0 spiro atoms. The highest BCUT2D eigenvalue weighted by molar-refractivity contribution is 5.90. The van der Waals surface area contributed by atoms with Crippen molar-refractivity contribution in [2.75, 3.05) is 18.4 Å². The number of rotatable bonds is 4. The van der Waals surface area contributed by atoms with E-state index in [1.165, 1.54) is 16.8 Å². The van der Waals surface area contributed by atoms with Gasteiger partial charge in [0.25, 0.3) is 11.5 Å². The van der Waals surface area contributed by atoms with Crippen LogP contribution in [-0.4, -0.2) is 40.4 Å². The summed E-state index contributed by atoms with van der Waals surface area (Å²) in [5.74, 6) is -1.30. The maximum atomic E-state index is 12.4. The lowest BCUT2D eigenvalue weighted by atomic mass is 9.98. The number of hydrazine groups is 1. The van der Waals surface area contributed by atoms with Crippen LogP contribution in [0.15, 0.2) is 59.5 Å². The van der Waals surface area contributed by atoms with Crippen molar-refractivity contribution in [1.82, 2.24) is 20.3 Å². The minimum absolute atomic E-state index is 0.198. The fraction of sp³-hybridized carbons (Fsp3) is 0.300. The van der Waals surface area contributed by atoms with E-state index >= 15 is 0 Å². The van der Waals surface area contributed by atoms with Crippen LogP contribution in [0.25, 0.3) is 0 Å². The first kappa shape index (κ1) is 20.1. The predicted octanol–water partition coefficient (Wildman–Crippen LogP) is 0.940. The SMILES string of the molecule is O=C(Cn1ccccc1=O)NNC(=O)[C@H]1CCCN(C(=O)Nc2ccccc2)C1. The highest BCUT2D eigenvalue weighted by Gasteiger charge is 2.28. The number of amides is 4. The summed E-state index contributed by atoms with van der Waals surface area (Å²) < 4.78 is 1.23. The minimum atomic E-state index is -0.513. The van der Waals surface area contributed by atoms with Crippen LogP contribution in [0.2, 0.25) is 0 Å². The topological polar surface area (TPSA) is 113 Å². The van der Waals surface area contributed by atoms with E-state index in [9.17, 15) is 19.2 Å². The lowest BCUT2D eigenvalue weighted by molar-refractivity contribution is -0.132. The number of hydrogen-bond donors (Lipinski definition) is 3. The Balaban J connectivity index is 1.48. The molecule has 9 heteroatoms. The maximum absolute atomic E-state index is 12.4. The summed E-state index contributed by atoms with van der Waals surface area (Å²) in [7, 11) is 0. The Labute approximate surface area is 167 Å².